The Labute approximate surface area is 268 Å². The zero-order valence-corrected chi connectivity index (χ0v) is 25.3. The minimum absolute atomic E-state index is 0.0639. The quantitative estimate of drug-likeness (QED) is 0.192. The smallest absolute Gasteiger partial charge is 0.260 e. The second kappa shape index (κ2) is 10.6. The van der Waals surface area contributed by atoms with Crippen molar-refractivity contribution in [2.24, 2.45) is 0 Å². The number of fused-ring (bicyclic) bond motifs is 4. The van der Waals surface area contributed by atoms with E-state index in [0.717, 1.165) is 78.5 Å². The van der Waals surface area contributed by atoms with Crippen molar-refractivity contribution >= 4 is 23.1 Å². The Morgan fingerprint density at radius 2 is 1.09 bits per heavy atom. The molecule has 0 unspecified atom stereocenters. The van der Waals surface area contributed by atoms with E-state index in [9.17, 15) is 0 Å². The molecule has 0 saturated heterocycles. The Kier molecular flexibility index (Phi) is 6.14. The highest BCUT2D eigenvalue weighted by Crippen LogP contribution is 2.42. The van der Waals surface area contributed by atoms with E-state index in [0.29, 0.717) is 0 Å². The topological polar surface area (TPSA) is 31.4 Å². The van der Waals surface area contributed by atoms with Crippen molar-refractivity contribution in [3.63, 3.8) is 0 Å². The number of aromatic nitrogens is 1. The van der Waals surface area contributed by atoms with E-state index < -0.39 is 0 Å². The summed E-state index contributed by atoms with van der Waals surface area (Å²) in [5.74, 6) is 3.41. The second-order valence-electron chi connectivity index (χ2n) is 12.0. The number of hydrogen-bond donors (Lipinski definition) is 0. The van der Waals surface area contributed by atoms with Gasteiger partial charge in [-0.15, -0.1) is 0 Å². The Morgan fingerprint density at radius 1 is 0.478 bits per heavy atom. The molecule has 9 rings (SSSR count). The summed E-state index contributed by atoms with van der Waals surface area (Å²) in [4.78, 5) is 4.69. The van der Waals surface area contributed by atoms with Gasteiger partial charge in [-0.2, -0.15) is 0 Å². The Balaban J connectivity index is 1.26. The summed E-state index contributed by atoms with van der Waals surface area (Å²) in [5.41, 5.74) is 13.3. The molecule has 3 heterocycles. The highest BCUT2D eigenvalue weighted by Gasteiger charge is 2.41. The lowest BCUT2D eigenvalue weighted by atomic mass is 9.34. The first-order chi connectivity index (χ1) is 22.7. The van der Waals surface area contributed by atoms with E-state index >= 15 is 0 Å². The van der Waals surface area contributed by atoms with Gasteiger partial charge in [0.15, 0.2) is 0 Å². The molecule has 0 atom stereocenters. The van der Waals surface area contributed by atoms with Gasteiger partial charge in [0.1, 0.15) is 23.0 Å². The van der Waals surface area contributed by atoms with Crippen molar-refractivity contribution in [2.45, 2.75) is 6.92 Å². The van der Waals surface area contributed by atoms with Crippen LogP contribution in [-0.2, 0) is 0 Å². The first kappa shape index (κ1) is 26.5. The standard InChI is InChI=1S/C42H28BNO2/c1-27-10-9-23-44-41(27)33-16-8-15-32(24-33)34-19-22-39-40-42(34)46-38-21-18-31(29-13-6-3-7-14-29)26-36(38)43(40)35-25-30(17-20-37(35)45-39)28-11-4-2-5-12-28/h2-26H,1H3. The average molecular weight is 590 g/mol. The number of aryl methyl sites for hydroxylation is 1. The lowest BCUT2D eigenvalue weighted by molar-refractivity contribution is 0.465. The largest absolute Gasteiger partial charge is 0.458 e. The van der Waals surface area contributed by atoms with Crippen LogP contribution in [0.3, 0.4) is 0 Å². The van der Waals surface area contributed by atoms with Crippen LogP contribution in [0.2, 0.25) is 0 Å². The summed E-state index contributed by atoms with van der Waals surface area (Å²) < 4.78 is 13.6. The molecular weight excluding hydrogens is 561 g/mol. The van der Waals surface area contributed by atoms with Gasteiger partial charge in [0.2, 0.25) is 0 Å². The van der Waals surface area contributed by atoms with E-state index in [2.05, 4.69) is 151 Å². The average Bonchev–Trinajstić information content (AvgIpc) is 3.12. The van der Waals surface area contributed by atoms with Gasteiger partial charge in [0, 0.05) is 22.8 Å². The summed E-state index contributed by atoms with van der Waals surface area (Å²) in [6.07, 6.45) is 1.85. The predicted octanol–water partition coefficient (Wildman–Crippen LogP) is 8.79. The minimum atomic E-state index is -0.0639. The lowest BCUT2D eigenvalue weighted by Crippen LogP contribution is -2.57. The first-order valence-electron chi connectivity index (χ1n) is 15.6. The van der Waals surface area contributed by atoms with Gasteiger partial charge < -0.3 is 9.47 Å². The molecule has 0 saturated carbocycles. The normalized spacial score (nSPS) is 12.3. The third-order valence-corrected chi connectivity index (χ3v) is 9.19. The molecule has 2 aliphatic rings. The lowest BCUT2D eigenvalue weighted by Gasteiger charge is -2.34. The fourth-order valence-corrected chi connectivity index (χ4v) is 6.96. The number of ether oxygens (including phenoxy) is 2. The van der Waals surface area contributed by atoms with E-state index in [1.54, 1.807) is 0 Å². The van der Waals surface area contributed by atoms with Crippen molar-refractivity contribution in [2.75, 3.05) is 0 Å². The van der Waals surface area contributed by atoms with Crippen LogP contribution in [-0.4, -0.2) is 11.7 Å². The summed E-state index contributed by atoms with van der Waals surface area (Å²) in [7, 11) is 0. The zero-order valence-electron chi connectivity index (χ0n) is 25.3. The molecule has 7 aromatic rings. The summed E-state index contributed by atoms with van der Waals surface area (Å²) in [6.45, 7) is 2.04. The van der Waals surface area contributed by atoms with Crippen molar-refractivity contribution in [1.82, 2.24) is 4.98 Å². The Bertz CT molecular complexity index is 2230. The van der Waals surface area contributed by atoms with Gasteiger partial charge in [-0.1, -0.05) is 109 Å². The molecule has 0 amide bonds. The highest BCUT2D eigenvalue weighted by atomic mass is 16.5. The maximum absolute atomic E-state index is 6.90. The molecule has 0 N–H and O–H groups in total. The zero-order chi connectivity index (χ0) is 30.6. The van der Waals surface area contributed by atoms with Crippen molar-refractivity contribution in [3.8, 4) is 67.6 Å². The van der Waals surface area contributed by atoms with Crippen LogP contribution in [0.5, 0.6) is 23.0 Å². The van der Waals surface area contributed by atoms with Crippen LogP contribution >= 0.6 is 0 Å². The van der Waals surface area contributed by atoms with E-state index in [1.807, 2.05) is 12.3 Å². The van der Waals surface area contributed by atoms with Crippen LogP contribution in [0.25, 0.3) is 44.6 Å². The maximum atomic E-state index is 6.90. The van der Waals surface area contributed by atoms with Crippen molar-refractivity contribution in [3.05, 3.63) is 157 Å². The number of hydrogen-bond acceptors (Lipinski definition) is 3. The number of benzene rings is 6. The summed E-state index contributed by atoms with van der Waals surface area (Å²) >= 11 is 0. The third-order valence-electron chi connectivity index (χ3n) is 9.19. The van der Waals surface area contributed by atoms with E-state index in [1.165, 1.54) is 11.1 Å². The molecule has 216 valence electrons. The molecule has 0 fully saturated rings. The van der Waals surface area contributed by atoms with E-state index in [-0.39, 0.29) is 6.71 Å². The van der Waals surface area contributed by atoms with E-state index in [4.69, 9.17) is 9.47 Å². The third kappa shape index (κ3) is 4.34. The Morgan fingerprint density at radius 3 is 1.76 bits per heavy atom. The summed E-state index contributed by atoms with van der Waals surface area (Å²) in [5, 5.41) is 0. The number of rotatable bonds is 4. The van der Waals surface area contributed by atoms with Crippen molar-refractivity contribution < 1.29 is 9.47 Å². The molecule has 0 bridgehead atoms. The molecular formula is C42H28BNO2. The highest BCUT2D eigenvalue weighted by molar-refractivity contribution is 6.98. The van der Waals surface area contributed by atoms with Gasteiger partial charge in [-0.05, 0) is 87.6 Å². The fraction of sp³-hybridized carbons (Fsp3) is 0.0238. The van der Waals surface area contributed by atoms with Crippen LogP contribution in [0.1, 0.15) is 5.56 Å². The molecule has 6 aromatic carbocycles. The van der Waals surface area contributed by atoms with Crippen LogP contribution in [0.4, 0.5) is 0 Å². The molecule has 1 aromatic heterocycles. The van der Waals surface area contributed by atoms with Crippen molar-refractivity contribution in [1.29, 1.82) is 0 Å². The molecule has 0 aliphatic carbocycles. The van der Waals surface area contributed by atoms with Gasteiger partial charge in [-0.25, -0.2) is 0 Å². The molecule has 0 radical (unpaired) electrons. The van der Waals surface area contributed by atoms with Gasteiger partial charge in [-0.3, -0.25) is 4.98 Å². The molecule has 4 heteroatoms. The maximum Gasteiger partial charge on any atom is 0.260 e. The Hall–Kier alpha value is -5.87. The number of nitrogens with zero attached hydrogens (tertiary/aromatic N) is 1. The minimum Gasteiger partial charge on any atom is -0.458 e. The van der Waals surface area contributed by atoms with Gasteiger partial charge in [0.25, 0.3) is 6.71 Å². The summed E-state index contributed by atoms with van der Waals surface area (Å²) in [6, 6.07) is 51.1. The molecule has 0 spiro atoms. The monoisotopic (exact) mass is 589 g/mol. The van der Waals surface area contributed by atoms with Crippen LogP contribution < -0.4 is 25.9 Å². The van der Waals surface area contributed by atoms with Gasteiger partial charge in [0.05, 0.1) is 5.69 Å². The molecule has 3 nitrogen and oxygen atoms in total. The number of pyridine rings is 1. The van der Waals surface area contributed by atoms with Gasteiger partial charge >= 0.3 is 0 Å². The second-order valence-corrected chi connectivity index (χ2v) is 12.0. The molecule has 2 aliphatic heterocycles. The van der Waals surface area contributed by atoms with Crippen LogP contribution in [0, 0.1) is 6.92 Å². The first-order valence-corrected chi connectivity index (χ1v) is 15.6. The fourth-order valence-electron chi connectivity index (χ4n) is 6.96. The van der Waals surface area contributed by atoms with Crippen LogP contribution in [0.15, 0.2) is 152 Å². The SMILES string of the molecule is Cc1cccnc1-c1cccc(-c2ccc3c4c2Oc2ccc(-c5ccccc5)cc2B4c2cc(-c4ccccc4)ccc2O3)c1. The predicted molar refractivity (Wildman–Crippen MR) is 188 cm³/mol. The molecule has 46 heavy (non-hydrogen) atoms.